The average Bonchev–Trinajstić information content (AvgIpc) is 3.11. The molecule has 0 unspecified atom stereocenters. The van der Waals surface area contributed by atoms with Gasteiger partial charge in [-0.25, -0.2) is 0 Å². The van der Waals surface area contributed by atoms with Gasteiger partial charge in [0, 0.05) is 35.6 Å². The number of benzene rings is 1. The van der Waals surface area contributed by atoms with E-state index >= 15 is 0 Å². The maximum atomic E-state index is 12.4. The summed E-state index contributed by atoms with van der Waals surface area (Å²) in [6.07, 6.45) is 1.89. The first kappa shape index (κ1) is 18.8. The van der Waals surface area contributed by atoms with E-state index in [1.165, 1.54) is 11.3 Å². The predicted molar refractivity (Wildman–Crippen MR) is 103 cm³/mol. The van der Waals surface area contributed by atoms with E-state index in [0.717, 1.165) is 24.4 Å². The highest BCUT2D eigenvalue weighted by Crippen LogP contribution is 2.30. The lowest BCUT2D eigenvalue weighted by molar-refractivity contribution is -0.135. The molecule has 1 aliphatic rings. The lowest BCUT2D eigenvalue weighted by Crippen LogP contribution is -2.41. The zero-order valence-electron chi connectivity index (χ0n) is 14.7. The molecule has 0 saturated carbocycles. The Morgan fingerprint density at radius 2 is 2.15 bits per heavy atom. The monoisotopic (exact) mass is 392 g/mol. The molecule has 0 bridgehead atoms. The molecule has 1 fully saturated rings. The van der Waals surface area contributed by atoms with Crippen molar-refractivity contribution in [2.75, 3.05) is 18.4 Å². The first-order valence-corrected chi connectivity index (χ1v) is 9.82. The SMILES string of the molecule is CC(C)C(=O)N1CCC[C@@H](c2nnc(C(=O)Nc3cccc(Cl)c3)s2)C1. The summed E-state index contributed by atoms with van der Waals surface area (Å²) in [6, 6.07) is 6.96. The Kier molecular flexibility index (Phi) is 5.88. The van der Waals surface area contributed by atoms with Gasteiger partial charge in [-0.1, -0.05) is 42.9 Å². The van der Waals surface area contributed by atoms with E-state index in [9.17, 15) is 9.59 Å². The normalized spacial score (nSPS) is 17.4. The number of likely N-dealkylation sites (tertiary alicyclic amines) is 1. The Bertz CT molecular complexity index is 808. The van der Waals surface area contributed by atoms with Crippen molar-refractivity contribution in [2.24, 2.45) is 5.92 Å². The van der Waals surface area contributed by atoms with Gasteiger partial charge in [-0.2, -0.15) is 0 Å². The Balaban J connectivity index is 1.67. The molecule has 3 rings (SSSR count). The Labute approximate surface area is 161 Å². The smallest absolute Gasteiger partial charge is 0.286 e. The fraction of sp³-hybridized carbons (Fsp3) is 0.444. The molecule has 0 aliphatic carbocycles. The Morgan fingerprint density at radius 1 is 1.35 bits per heavy atom. The van der Waals surface area contributed by atoms with Crippen LogP contribution in [0, 0.1) is 5.92 Å². The highest BCUT2D eigenvalue weighted by atomic mass is 35.5. The van der Waals surface area contributed by atoms with Gasteiger partial charge in [-0.15, -0.1) is 10.2 Å². The summed E-state index contributed by atoms with van der Waals surface area (Å²) in [5, 5.41) is 12.7. The molecule has 0 radical (unpaired) electrons. The Morgan fingerprint density at radius 3 is 2.88 bits per heavy atom. The van der Waals surface area contributed by atoms with E-state index < -0.39 is 0 Å². The number of nitrogens with zero attached hydrogens (tertiary/aromatic N) is 3. The number of rotatable bonds is 4. The summed E-state index contributed by atoms with van der Waals surface area (Å²) in [6.45, 7) is 5.25. The van der Waals surface area contributed by atoms with Crippen molar-refractivity contribution in [3.63, 3.8) is 0 Å². The molecule has 138 valence electrons. The quantitative estimate of drug-likeness (QED) is 0.858. The number of hydrogen-bond donors (Lipinski definition) is 1. The molecule has 1 aromatic carbocycles. The molecule has 1 saturated heterocycles. The number of nitrogens with one attached hydrogen (secondary N) is 1. The van der Waals surface area contributed by atoms with Gasteiger partial charge in [0.15, 0.2) is 0 Å². The van der Waals surface area contributed by atoms with Crippen LogP contribution in [0.15, 0.2) is 24.3 Å². The molecule has 1 atom stereocenters. The molecule has 2 aromatic rings. The first-order valence-electron chi connectivity index (χ1n) is 8.63. The van der Waals surface area contributed by atoms with Gasteiger partial charge in [0.2, 0.25) is 10.9 Å². The van der Waals surface area contributed by atoms with Crippen LogP contribution >= 0.6 is 22.9 Å². The summed E-state index contributed by atoms with van der Waals surface area (Å²) in [5.74, 6) is -0.0149. The third-order valence-corrected chi connectivity index (χ3v) is 5.61. The van der Waals surface area contributed by atoms with Crippen LogP contribution in [-0.2, 0) is 4.79 Å². The zero-order valence-corrected chi connectivity index (χ0v) is 16.3. The molecular weight excluding hydrogens is 372 g/mol. The van der Waals surface area contributed by atoms with Crippen molar-refractivity contribution in [1.29, 1.82) is 0 Å². The fourth-order valence-electron chi connectivity index (χ4n) is 2.99. The van der Waals surface area contributed by atoms with E-state index in [1.54, 1.807) is 24.3 Å². The Hall–Kier alpha value is -1.99. The average molecular weight is 393 g/mol. The fourth-order valence-corrected chi connectivity index (χ4v) is 4.04. The second-order valence-corrected chi connectivity index (χ2v) is 8.13. The van der Waals surface area contributed by atoms with Crippen molar-refractivity contribution in [3.05, 3.63) is 39.3 Å². The van der Waals surface area contributed by atoms with Crippen LogP contribution in [0.1, 0.15) is 47.4 Å². The number of hydrogen-bond acceptors (Lipinski definition) is 5. The molecule has 1 N–H and O–H groups in total. The van der Waals surface area contributed by atoms with Gasteiger partial charge in [-0.3, -0.25) is 9.59 Å². The molecule has 0 spiro atoms. The standard InChI is InChI=1S/C18H21ClN4O2S/c1-11(2)18(25)23-8-4-5-12(10-23)16-21-22-17(26-16)15(24)20-14-7-3-6-13(19)9-14/h3,6-7,9,11-12H,4-5,8,10H2,1-2H3,(H,20,24)/t12-/m1/s1. The van der Waals surface area contributed by atoms with Crippen LogP contribution in [0.25, 0.3) is 0 Å². The largest absolute Gasteiger partial charge is 0.342 e. The number of halogens is 1. The minimum absolute atomic E-state index is 0.0118. The van der Waals surface area contributed by atoms with Gasteiger partial charge in [0.05, 0.1) is 0 Å². The molecule has 1 aliphatic heterocycles. The van der Waals surface area contributed by atoms with E-state index in [2.05, 4.69) is 15.5 Å². The lowest BCUT2D eigenvalue weighted by Gasteiger charge is -2.32. The number of carbonyl (C=O) groups is 2. The van der Waals surface area contributed by atoms with E-state index in [1.807, 2.05) is 18.7 Å². The molecule has 6 nitrogen and oxygen atoms in total. The maximum absolute atomic E-state index is 12.4. The lowest BCUT2D eigenvalue weighted by atomic mass is 9.97. The summed E-state index contributed by atoms with van der Waals surface area (Å²) in [5.41, 5.74) is 0.616. The highest BCUT2D eigenvalue weighted by molar-refractivity contribution is 7.13. The molecular formula is C18H21ClN4O2S. The minimum atomic E-state index is -0.304. The summed E-state index contributed by atoms with van der Waals surface area (Å²) < 4.78 is 0. The topological polar surface area (TPSA) is 75.2 Å². The number of aromatic nitrogens is 2. The molecule has 2 amide bonds. The van der Waals surface area contributed by atoms with Crippen molar-refractivity contribution in [2.45, 2.75) is 32.6 Å². The van der Waals surface area contributed by atoms with Gasteiger partial charge in [0.25, 0.3) is 5.91 Å². The summed E-state index contributed by atoms with van der Waals surface area (Å²) in [4.78, 5) is 26.5. The van der Waals surface area contributed by atoms with Crippen molar-refractivity contribution in [1.82, 2.24) is 15.1 Å². The van der Waals surface area contributed by atoms with Crippen LogP contribution in [0.3, 0.4) is 0 Å². The van der Waals surface area contributed by atoms with Crippen molar-refractivity contribution in [3.8, 4) is 0 Å². The molecule has 2 heterocycles. The van der Waals surface area contributed by atoms with Gasteiger partial charge >= 0.3 is 0 Å². The van der Waals surface area contributed by atoms with Crippen LogP contribution in [0.4, 0.5) is 5.69 Å². The predicted octanol–water partition coefficient (Wildman–Crippen LogP) is 3.81. The number of amides is 2. The van der Waals surface area contributed by atoms with E-state index in [4.69, 9.17) is 11.6 Å². The summed E-state index contributed by atoms with van der Waals surface area (Å²) >= 11 is 7.22. The van der Waals surface area contributed by atoms with E-state index in [-0.39, 0.29) is 23.7 Å². The first-order chi connectivity index (χ1) is 12.4. The van der Waals surface area contributed by atoms with Crippen LogP contribution in [0.5, 0.6) is 0 Å². The number of anilines is 1. The molecule has 26 heavy (non-hydrogen) atoms. The van der Waals surface area contributed by atoms with Crippen molar-refractivity contribution < 1.29 is 9.59 Å². The van der Waals surface area contributed by atoms with Crippen LogP contribution < -0.4 is 5.32 Å². The third kappa shape index (κ3) is 4.40. The van der Waals surface area contributed by atoms with Gasteiger partial charge < -0.3 is 10.2 Å². The second kappa shape index (κ2) is 8.14. The number of piperidine rings is 1. The minimum Gasteiger partial charge on any atom is -0.342 e. The van der Waals surface area contributed by atoms with Crippen LogP contribution in [-0.4, -0.2) is 40.0 Å². The van der Waals surface area contributed by atoms with E-state index in [0.29, 0.717) is 22.3 Å². The van der Waals surface area contributed by atoms with Gasteiger partial charge in [-0.05, 0) is 31.0 Å². The third-order valence-electron chi connectivity index (χ3n) is 4.29. The molecule has 8 heteroatoms. The summed E-state index contributed by atoms with van der Waals surface area (Å²) in [7, 11) is 0. The van der Waals surface area contributed by atoms with Crippen molar-refractivity contribution >= 4 is 40.4 Å². The zero-order chi connectivity index (χ0) is 18.7. The van der Waals surface area contributed by atoms with Crippen LogP contribution in [0.2, 0.25) is 5.02 Å². The maximum Gasteiger partial charge on any atom is 0.286 e. The molecule has 1 aromatic heterocycles. The highest BCUT2D eigenvalue weighted by Gasteiger charge is 2.28. The van der Waals surface area contributed by atoms with Gasteiger partial charge in [0.1, 0.15) is 5.01 Å². The second-order valence-electron chi connectivity index (χ2n) is 6.69. The number of carbonyl (C=O) groups excluding carboxylic acids is 2.